The van der Waals surface area contributed by atoms with Crippen LogP contribution in [0.15, 0.2) is 34.3 Å². The second-order valence-electron chi connectivity index (χ2n) is 7.34. The fourth-order valence-electron chi connectivity index (χ4n) is 3.18. The predicted octanol–water partition coefficient (Wildman–Crippen LogP) is 3.23. The van der Waals surface area contributed by atoms with Gasteiger partial charge in [-0.2, -0.15) is 5.26 Å². The Morgan fingerprint density at radius 2 is 2.16 bits per heavy atom. The van der Waals surface area contributed by atoms with Gasteiger partial charge in [0.25, 0.3) is 11.8 Å². The number of aliphatic imine (C=N–C) groups is 1. The molecule has 2 amide bonds. The van der Waals surface area contributed by atoms with Crippen LogP contribution in [0.3, 0.4) is 0 Å². The number of carbonyl (C=O) groups is 2. The van der Waals surface area contributed by atoms with Crippen molar-refractivity contribution >= 4 is 40.2 Å². The minimum atomic E-state index is -3.01. The highest BCUT2D eigenvalue weighted by Gasteiger charge is 2.49. The van der Waals surface area contributed by atoms with E-state index < -0.39 is 17.4 Å². The molecule has 32 heavy (non-hydrogen) atoms. The van der Waals surface area contributed by atoms with Gasteiger partial charge in [0, 0.05) is 23.8 Å². The molecule has 1 fully saturated rings. The van der Waals surface area contributed by atoms with Crippen LogP contribution in [0.1, 0.15) is 52.5 Å². The number of nitrogens with one attached hydrogen (secondary N) is 2. The van der Waals surface area contributed by atoms with Crippen LogP contribution in [0.25, 0.3) is 0 Å². The smallest absolute Gasteiger partial charge is 0.277 e. The van der Waals surface area contributed by atoms with Gasteiger partial charge in [0.2, 0.25) is 6.41 Å². The molecule has 1 aliphatic heterocycles. The third-order valence-electron chi connectivity index (χ3n) is 5.04. The number of hydrogen-bond acceptors (Lipinski definition) is 8. The van der Waals surface area contributed by atoms with Crippen LogP contribution in [0.2, 0.25) is 0 Å². The van der Waals surface area contributed by atoms with Gasteiger partial charge in [-0.05, 0) is 42.3 Å². The zero-order valence-electron chi connectivity index (χ0n) is 16.7. The van der Waals surface area contributed by atoms with Gasteiger partial charge in [0.05, 0.1) is 17.2 Å². The van der Waals surface area contributed by atoms with E-state index >= 15 is 0 Å². The molecule has 12 heteroatoms. The van der Waals surface area contributed by atoms with E-state index in [0.717, 1.165) is 29.7 Å². The molecule has 0 radical (unpaired) electrons. The summed E-state index contributed by atoms with van der Waals surface area (Å²) >= 11 is 2.71. The fourth-order valence-corrected chi connectivity index (χ4v) is 5.43. The van der Waals surface area contributed by atoms with Gasteiger partial charge < -0.3 is 0 Å². The van der Waals surface area contributed by atoms with Gasteiger partial charge in [-0.25, -0.2) is 8.78 Å². The predicted molar refractivity (Wildman–Crippen MR) is 115 cm³/mol. The van der Waals surface area contributed by atoms with Crippen LogP contribution < -0.4 is 10.9 Å². The van der Waals surface area contributed by atoms with E-state index in [0.29, 0.717) is 22.8 Å². The molecule has 2 N–H and O–H groups in total. The van der Waals surface area contributed by atoms with E-state index in [1.807, 2.05) is 6.07 Å². The van der Waals surface area contributed by atoms with E-state index in [1.54, 1.807) is 12.1 Å². The van der Waals surface area contributed by atoms with Crippen molar-refractivity contribution in [3.05, 3.63) is 52.2 Å². The van der Waals surface area contributed by atoms with Gasteiger partial charge in [-0.1, -0.05) is 23.9 Å². The summed E-state index contributed by atoms with van der Waals surface area (Å²) in [6.45, 7) is 0.798. The lowest BCUT2D eigenvalue weighted by Crippen LogP contribution is -2.37. The molecule has 0 bridgehead atoms. The van der Waals surface area contributed by atoms with Gasteiger partial charge in [-0.15, -0.1) is 10.2 Å². The van der Waals surface area contributed by atoms with Crippen molar-refractivity contribution in [2.24, 2.45) is 4.99 Å². The van der Waals surface area contributed by atoms with Crippen molar-refractivity contribution in [3.8, 4) is 6.07 Å². The Bertz CT molecular complexity index is 1170. The molecule has 2 aliphatic rings. The summed E-state index contributed by atoms with van der Waals surface area (Å²) in [7, 11) is 0. The number of benzene rings is 1. The highest BCUT2D eigenvalue weighted by Crippen LogP contribution is 2.56. The standard InChI is InChI=1S/C20H16F2N6O2S2/c1-19(21,22)13-3-2-11(12(6-13)8-23)9-31-18-25-20(4-5-20)14-7-15(16(30)27-24-10-29)26-28-17(14)32-18/h2-3,6-7,10H,4-5,9H2,1H3,(H,24,29)(H,27,30). The van der Waals surface area contributed by atoms with Crippen molar-refractivity contribution in [2.75, 3.05) is 0 Å². The quantitative estimate of drug-likeness (QED) is 0.487. The second kappa shape index (κ2) is 8.48. The third kappa shape index (κ3) is 4.44. The number of carbonyl (C=O) groups excluding carboxylic acids is 2. The summed E-state index contributed by atoms with van der Waals surface area (Å²) in [4.78, 5) is 27.2. The van der Waals surface area contributed by atoms with Crippen LogP contribution in [-0.2, 0) is 22.0 Å². The minimum Gasteiger partial charge on any atom is -0.277 e. The van der Waals surface area contributed by atoms with E-state index in [-0.39, 0.29) is 16.8 Å². The number of rotatable bonds is 6. The molecule has 1 aliphatic carbocycles. The molecule has 0 atom stereocenters. The molecule has 2 heterocycles. The Balaban J connectivity index is 1.51. The van der Waals surface area contributed by atoms with Crippen LogP contribution in [-0.4, -0.2) is 26.9 Å². The Labute approximate surface area is 190 Å². The topological polar surface area (TPSA) is 120 Å². The lowest BCUT2D eigenvalue weighted by Gasteiger charge is -2.22. The number of nitrogens with zero attached hydrogens (tertiary/aromatic N) is 4. The van der Waals surface area contributed by atoms with Gasteiger partial charge >= 0.3 is 0 Å². The number of halogens is 2. The Morgan fingerprint density at radius 1 is 1.38 bits per heavy atom. The number of aromatic nitrogens is 2. The molecule has 8 nitrogen and oxygen atoms in total. The van der Waals surface area contributed by atoms with Crippen LogP contribution in [0, 0.1) is 11.3 Å². The van der Waals surface area contributed by atoms with Crippen molar-refractivity contribution in [3.63, 3.8) is 0 Å². The average Bonchev–Trinajstić information content (AvgIpc) is 3.54. The molecule has 1 aromatic carbocycles. The Morgan fingerprint density at radius 3 is 2.81 bits per heavy atom. The molecular weight excluding hydrogens is 458 g/mol. The van der Waals surface area contributed by atoms with E-state index in [1.165, 1.54) is 35.7 Å². The highest BCUT2D eigenvalue weighted by atomic mass is 32.2. The molecule has 1 spiro atoms. The number of alkyl halides is 2. The first-order valence-corrected chi connectivity index (χ1v) is 11.3. The Hall–Kier alpha value is -3.04. The largest absolute Gasteiger partial charge is 0.290 e. The normalized spacial score (nSPS) is 15.9. The summed E-state index contributed by atoms with van der Waals surface area (Å²) in [5.41, 5.74) is 5.35. The summed E-state index contributed by atoms with van der Waals surface area (Å²) in [5, 5.41) is 18.1. The average molecular weight is 475 g/mol. The summed E-state index contributed by atoms with van der Waals surface area (Å²) in [6.07, 6.45) is 1.94. The zero-order chi connectivity index (χ0) is 22.9. The fraction of sp³-hybridized carbons (Fsp3) is 0.300. The maximum absolute atomic E-state index is 13.6. The zero-order valence-corrected chi connectivity index (χ0v) is 18.3. The third-order valence-corrected chi connectivity index (χ3v) is 7.20. The van der Waals surface area contributed by atoms with Crippen LogP contribution in [0.5, 0.6) is 0 Å². The van der Waals surface area contributed by atoms with Gasteiger partial charge in [0.1, 0.15) is 9.40 Å². The summed E-state index contributed by atoms with van der Waals surface area (Å²) in [6, 6.07) is 7.73. The molecule has 1 aromatic heterocycles. The minimum absolute atomic E-state index is 0.0720. The molecule has 0 unspecified atom stereocenters. The first kappa shape index (κ1) is 22.2. The number of amides is 2. The summed E-state index contributed by atoms with van der Waals surface area (Å²) in [5.74, 6) is -3.20. The first-order chi connectivity index (χ1) is 15.3. The van der Waals surface area contributed by atoms with Gasteiger partial charge in [0.15, 0.2) is 5.69 Å². The number of thioether (sulfide) groups is 2. The highest BCUT2D eigenvalue weighted by molar-refractivity contribution is 8.38. The monoisotopic (exact) mass is 474 g/mol. The molecule has 164 valence electrons. The number of hydrogen-bond donors (Lipinski definition) is 2. The number of fused-ring (bicyclic) bond motifs is 2. The number of hydrazine groups is 1. The second-order valence-corrected chi connectivity index (χ2v) is 9.54. The van der Waals surface area contributed by atoms with Crippen molar-refractivity contribution in [1.82, 2.24) is 21.0 Å². The summed E-state index contributed by atoms with van der Waals surface area (Å²) < 4.78 is 27.9. The molecule has 0 saturated heterocycles. The maximum Gasteiger partial charge on any atom is 0.290 e. The van der Waals surface area contributed by atoms with Crippen molar-refractivity contribution < 1.29 is 18.4 Å². The number of nitriles is 1. The molecular formula is C20H16F2N6O2S2. The molecule has 1 saturated carbocycles. The van der Waals surface area contributed by atoms with E-state index in [2.05, 4.69) is 21.0 Å². The Kier molecular flexibility index (Phi) is 5.87. The molecule has 4 rings (SSSR count). The molecule has 2 aromatic rings. The van der Waals surface area contributed by atoms with Crippen molar-refractivity contribution in [1.29, 1.82) is 5.26 Å². The van der Waals surface area contributed by atoms with Crippen molar-refractivity contribution in [2.45, 2.75) is 42.0 Å². The first-order valence-electron chi connectivity index (χ1n) is 9.45. The van der Waals surface area contributed by atoms with Gasteiger partial charge in [-0.3, -0.25) is 25.4 Å². The lowest BCUT2D eigenvalue weighted by molar-refractivity contribution is -0.110. The van der Waals surface area contributed by atoms with Crippen LogP contribution in [0.4, 0.5) is 8.78 Å². The maximum atomic E-state index is 13.6. The van der Waals surface area contributed by atoms with Crippen LogP contribution >= 0.6 is 23.5 Å². The van der Waals surface area contributed by atoms with E-state index in [9.17, 15) is 23.6 Å². The lowest BCUT2D eigenvalue weighted by atomic mass is 10.0. The van der Waals surface area contributed by atoms with E-state index in [4.69, 9.17) is 4.99 Å². The SMILES string of the molecule is CC(F)(F)c1ccc(CSC2=NC3(CC3)c3cc(C(=O)NNC=O)nnc3S2)c(C#N)c1.